The van der Waals surface area contributed by atoms with Gasteiger partial charge in [0.25, 0.3) is 11.7 Å². The molecule has 2 aliphatic rings. The van der Waals surface area contributed by atoms with Crippen molar-refractivity contribution in [1.82, 2.24) is 19.2 Å². The smallest absolute Gasteiger partial charge is 0.295 e. The average Bonchev–Trinajstić information content (AvgIpc) is 3.48. The summed E-state index contributed by atoms with van der Waals surface area (Å²) in [6, 6.07) is 8.25. The number of nitrogens with zero attached hydrogens (tertiary/aromatic N) is 4. The highest BCUT2D eigenvalue weighted by molar-refractivity contribution is 6.46. The van der Waals surface area contributed by atoms with E-state index in [1.165, 1.54) is 4.90 Å². The molecule has 0 aromatic carbocycles. The van der Waals surface area contributed by atoms with Gasteiger partial charge >= 0.3 is 0 Å². The number of fused-ring (bicyclic) bond motifs is 1. The Hall–Kier alpha value is -3.43. The minimum absolute atomic E-state index is 0.0273. The van der Waals surface area contributed by atoms with Gasteiger partial charge in [-0.25, -0.2) is 4.98 Å². The number of aliphatic hydroxyl groups is 1. The third-order valence-electron chi connectivity index (χ3n) is 6.48. The number of hydrogen-bond donors (Lipinski definition) is 1. The first-order chi connectivity index (χ1) is 16.5. The summed E-state index contributed by atoms with van der Waals surface area (Å²) < 4.78 is 13.0. The quantitative estimate of drug-likeness (QED) is 0.340. The number of carbonyl (C=O) groups is 2. The van der Waals surface area contributed by atoms with Crippen molar-refractivity contribution in [2.75, 3.05) is 39.4 Å². The number of aromatic nitrogens is 2. The second kappa shape index (κ2) is 9.08. The van der Waals surface area contributed by atoms with Crippen LogP contribution in [0.1, 0.15) is 35.4 Å². The lowest BCUT2D eigenvalue weighted by Crippen LogP contribution is -2.38. The molecule has 2 fully saturated rings. The lowest BCUT2D eigenvalue weighted by Gasteiger charge is -2.28. The number of hydrogen-bond acceptors (Lipinski definition) is 7. The molecule has 1 N–H and O–H groups in total. The molecular formula is C25H28N4O5. The first kappa shape index (κ1) is 22.4. The van der Waals surface area contributed by atoms with Crippen molar-refractivity contribution in [2.24, 2.45) is 0 Å². The highest BCUT2D eigenvalue weighted by Gasteiger charge is 2.47. The Labute approximate surface area is 197 Å². The van der Waals surface area contributed by atoms with Crippen LogP contribution in [0.5, 0.6) is 0 Å². The van der Waals surface area contributed by atoms with Crippen molar-refractivity contribution < 1.29 is 23.8 Å². The first-order valence-electron chi connectivity index (χ1n) is 11.5. The summed E-state index contributed by atoms with van der Waals surface area (Å²) in [6.07, 6.45) is 2.47. The molecule has 0 bridgehead atoms. The fraction of sp³-hybridized carbons (Fsp3) is 0.400. The molecule has 0 aliphatic carbocycles. The summed E-state index contributed by atoms with van der Waals surface area (Å²) in [5, 5.41) is 11.4. The third-order valence-corrected chi connectivity index (χ3v) is 6.48. The third kappa shape index (κ3) is 3.91. The van der Waals surface area contributed by atoms with Gasteiger partial charge in [-0.1, -0.05) is 6.07 Å². The Bertz CT molecular complexity index is 1270. The number of Topliss-reactive ketones (excluding diaryl/α,β-unsaturated/α-hetero) is 1. The van der Waals surface area contributed by atoms with Crippen LogP contribution in [-0.4, -0.2) is 75.4 Å². The molecule has 34 heavy (non-hydrogen) atoms. The largest absolute Gasteiger partial charge is 0.505 e. The van der Waals surface area contributed by atoms with E-state index in [4.69, 9.17) is 9.15 Å². The number of imidazole rings is 1. The molecule has 3 aromatic rings. The van der Waals surface area contributed by atoms with E-state index < -0.39 is 17.7 Å². The monoisotopic (exact) mass is 464 g/mol. The van der Waals surface area contributed by atoms with Crippen molar-refractivity contribution in [1.29, 1.82) is 0 Å². The Morgan fingerprint density at radius 1 is 1.12 bits per heavy atom. The predicted molar refractivity (Wildman–Crippen MR) is 124 cm³/mol. The van der Waals surface area contributed by atoms with Crippen molar-refractivity contribution in [3.8, 4) is 0 Å². The SMILES string of the molecule is Cc1ccc([C@@H]2C(=C(O)c3c(C)nc4ccccn34)C(=O)C(=O)N2CCCN2CCOCC2)o1. The normalized spacial score (nSPS) is 21.1. The lowest BCUT2D eigenvalue weighted by molar-refractivity contribution is -0.140. The van der Waals surface area contributed by atoms with Crippen molar-refractivity contribution in [2.45, 2.75) is 26.3 Å². The molecular weight excluding hydrogens is 436 g/mol. The molecule has 178 valence electrons. The van der Waals surface area contributed by atoms with E-state index in [1.54, 1.807) is 29.7 Å². The van der Waals surface area contributed by atoms with Gasteiger partial charge < -0.3 is 19.2 Å². The zero-order valence-corrected chi connectivity index (χ0v) is 19.4. The Morgan fingerprint density at radius 2 is 1.91 bits per heavy atom. The molecule has 0 radical (unpaired) electrons. The van der Waals surface area contributed by atoms with E-state index in [-0.39, 0.29) is 11.3 Å². The molecule has 2 aliphatic heterocycles. The Kier molecular flexibility index (Phi) is 5.97. The number of ether oxygens (including phenoxy) is 1. The van der Waals surface area contributed by atoms with Gasteiger partial charge in [-0.3, -0.25) is 18.9 Å². The maximum absolute atomic E-state index is 13.2. The van der Waals surface area contributed by atoms with E-state index in [9.17, 15) is 14.7 Å². The van der Waals surface area contributed by atoms with Gasteiger partial charge in [0.15, 0.2) is 5.76 Å². The predicted octanol–water partition coefficient (Wildman–Crippen LogP) is 2.69. The number of aryl methyl sites for hydroxylation is 2. The van der Waals surface area contributed by atoms with Crippen molar-refractivity contribution >= 4 is 23.1 Å². The summed E-state index contributed by atoms with van der Waals surface area (Å²) >= 11 is 0. The van der Waals surface area contributed by atoms with Crippen LogP contribution in [0.2, 0.25) is 0 Å². The lowest BCUT2D eigenvalue weighted by atomic mass is 10.0. The molecule has 1 amide bonds. The fourth-order valence-electron chi connectivity index (χ4n) is 4.82. The van der Waals surface area contributed by atoms with Gasteiger partial charge in [0.1, 0.15) is 28.9 Å². The van der Waals surface area contributed by atoms with Gasteiger partial charge in [-0.2, -0.15) is 0 Å². The number of furan rings is 1. The van der Waals surface area contributed by atoms with Gasteiger partial charge in [-0.15, -0.1) is 0 Å². The first-order valence-corrected chi connectivity index (χ1v) is 11.5. The van der Waals surface area contributed by atoms with E-state index in [2.05, 4.69) is 9.88 Å². The number of ketones is 1. The maximum Gasteiger partial charge on any atom is 0.295 e. The summed E-state index contributed by atoms with van der Waals surface area (Å²) in [4.78, 5) is 34.7. The zero-order chi connectivity index (χ0) is 23.8. The molecule has 9 heteroatoms. The fourth-order valence-corrected chi connectivity index (χ4v) is 4.82. The number of carbonyl (C=O) groups excluding carboxylic acids is 2. The van der Waals surface area contributed by atoms with Crippen LogP contribution in [-0.2, 0) is 14.3 Å². The van der Waals surface area contributed by atoms with Gasteiger partial charge in [-0.05, 0) is 44.5 Å². The van der Waals surface area contributed by atoms with Crippen LogP contribution < -0.4 is 0 Å². The van der Waals surface area contributed by atoms with E-state index in [0.29, 0.717) is 54.7 Å². The summed E-state index contributed by atoms with van der Waals surface area (Å²) in [5.41, 5.74) is 1.64. The maximum atomic E-state index is 13.2. The highest BCUT2D eigenvalue weighted by Crippen LogP contribution is 2.40. The van der Waals surface area contributed by atoms with Crippen LogP contribution in [0.4, 0.5) is 0 Å². The van der Waals surface area contributed by atoms with E-state index in [0.717, 1.165) is 19.6 Å². The second-order valence-electron chi connectivity index (χ2n) is 8.72. The molecule has 9 nitrogen and oxygen atoms in total. The highest BCUT2D eigenvalue weighted by atomic mass is 16.5. The zero-order valence-electron chi connectivity index (χ0n) is 19.4. The van der Waals surface area contributed by atoms with Crippen LogP contribution in [0.3, 0.4) is 0 Å². The van der Waals surface area contributed by atoms with Crippen LogP contribution in [0.25, 0.3) is 11.4 Å². The number of amides is 1. The Morgan fingerprint density at radius 3 is 2.65 bits per heavy atom. The number of morpholine rings is 1. The molecule has 3 aromatic heterocycles. The topological polar surface area (TPSA) is 101 Å². The van der Waals surface area contributed by atoms with Crippen molar-refractivity contribution in [3.63, 3.8) is 0 Å². The summed E-state index contributed by atoms with van der Waals surface area (Å²) in [6.45, 7) is 7.86. The number of rotatable bonds is 6. The average molecular weight is 465 g/mol. The van der Waals surface area contributed by atoms with Gasteiger partial charge in [0.05, 0.1) is 24.5 Å². The minimum Gasteiger partial charge on any atom is -0.505 e. The summed E-state index contributed by atoms with van der Waals surface area (Å²) in [5.74, 6) is -0.470. The standard InChI is InChI=1S/C25H28N4O5/c1-16-7-8-18(34-16)22-20(23(30)21-17(2)26-19-6-3-4-10-28(19)21)24(31)25(32)29(22)11-5-9-27-12-14-33-15-13-27/h3-4,6-8,10,22,30H,5,9,11-15H2,1-2H3/t22-/m1/s1. The molecule has 0 saturated carbocycles. The van der Waals surface area contributed by atoms with Crippen LogP contribution in [0, 0.1) is 13.8 Å². The van der Waals surface area contributed by atoms with Crippen LogP contribution >= 0.6 is 0 Å². The number of aliphatic hydroxyl groups excluding tert-OH is 1. The Balaban J connectivity index is 1.53. The molecule has 0 spiro atoms. The second-order valence-corrected chi connectivity index (χ2v) is 8.72. The van der Waals surface area contributed by atoms with Gasteiger partial charge in [0.2, 0.25) is 0 Å². The minimum atomic E-state index is -0.799. The van der Waals surface area contributed by atoms with Gasteiger partial charge in [0, 0.05) is 32.4 Å². The molecule has 5 heterocycles. The number of pyridine rings is 1. The molecule has 0 unspecified atom stereocenters. The van der Waals surface area contributed by atoms with Crippen molar-refractivity contribution in [3.05, 3.63) is 65.0 Å². The van der Waals surface area contributed by atoms with Crippen LogP contribution in [0.15, 0.2) is 46.5 Å². The molecule has 5 rings (SSSR count). The van der Waals surface area contributed by atoms with E-state index in [1.807, 2.05) is 25.1 Å². The van der Waals surface area contributed by atoms with E-state index >= 15 is 0 Å². The summed E-state index contributed by atoms with van der Waals surface area (Å²) in [7, 11) is 0. The number of likely N-dealkylation sites (tertiary alicyclic amines) is 1. The molecule has 2 saturated heterocycles. The molecule has 1 atom stereocenters.